The van der Waals surface area contributed by atoms with E-state index in [9.17, 15) is 18.0 Å². The van der Waals surface area contributed by atoms with Gasteiger partial charge in [0.2, 0.25) is 11.8 Å². The van der Waals surface area contributed by atoms with Gasteiger partial charge >= 0.3 is 12.2 Å². The predicted molar refractivity (Wildman–Crippen MR) is 164 cm³/mol. The summed E-state index contributed by atoms with van der Waals surface area (Å²) in [5.41, 5.74) is 0.587. The minimum atomic E-state index is -4.64. The molecule has 0 fully saturated rings. The van der Waals surface area contributed by atoms with Crippen LogP contribution in [0.15, 0.2) is 72.9 Å². The molecule has 1 heterocycles. The molecule has 43 heavy (non-hydrogen) atoms. The lowest BCUT2D eigenvalue weighted by molar-refractivity contribution is -0.137. The number of rotatable bonds is 11. The fraction of sp³-hybridized carbons (Fsp3) is 0.258. The number of amides is 2. The Balaban J connectivity index is 1.37. The first-order chi connectivity index (χ1) is 20.5. The number of aryl methyl sites for hydroxylation is 1. The van der Waals surface area contributed by atoms with Crippen molar-refractivity contribution in [3.05, 3.63) is 89.1 Å². The summed E-state index contributed by atoms with van der Waals surface area (Å²) in [5, 5.41) is 8.76. The molecule has 8 nitrogen and oxygen atoms in total. The molecule has 4 aromatic rings. The molecule has 12 heteroatoms. The number of nitrogens with one attached hydrogen (secondary N) is 3. The number of hydrogen-bond donors (Lipinski definition) is 3. The number of hydrogen-bond acceptors (Lipinski definition) is 6. The van der Waals surface area contributed by atoms with E-state index in [4.69, 9.17) is 16.3 Å². The van der Waals surface area contributed by atoms with Gasteiger partial charge in [-0.3, -0.25) is 0 Å². The fourth-order valence-electron chi connectivity index (χ4n) is 4.22. The minimum absolute atomic E-state index is 0.00831. The molecule has 1 aromatic heterocycles. The van der Waals surface area contributed by atoms with Crippen molar-refractivity contribution in [3.63, 3.8) is 0 Å². The van der Waals surface area contributed by atoms with Crippen molar-refractivity contribution >= 4 is 35.0 Å². The number of ether oxygens (including phenoxy) is 1. The Kier molecular flexibility index (Phi) is 10.4. The zero-order chi connectivity index (χ0) is 31.0. The number of urea groups is 1. The van der Waals surface area contributed by atoms with Crippen LogP contribution in [0.3, 0.4) is 0 Å². The topological polar surface area (TPSA) is 91.4 Å². The molecular weight excluding hydrogens is 581 g/mol. The highest BCUT2D eigenvalue weighted by Crippen LogP contribution is 2.39. The number of halogens is 4. The van der Waals surface area contributed by atoms with Gasteiger partial charge in [0.1, 0.15) is 5.75 Å². The summed E-state index contributed by atoms with van der Waals surface area (Å²) in [6.45, 7) is 3.52. The van der Waals surface area contributed by atoms with Gasteiger partial charge in [0, 0.05) is 35.2 Å². The highest BCUT2D eigenvalue weighted by Gasteiger charge is 2.34. The maximum Gasteiger partial charge on any atom is 0.417 e. The molecule has 0 aliphatic rings. The summed E-state index contributed by atoms with van der Waals surface area (Å²) >= 11 is 5.88. The van der Waals surface area contributed by atoms with Gasteiger partial charge in [0.05, 0.1) is 5.56 Å². The van der Waals surface area contributed by atoms with Crippen molar-refractivity contribution in [1.29, 1.82) is 0 Å². The zero-order valence-corrected chi connectivity index (χ0v) is 24.7. The number of carbonyl (C=O) groups excluding carboxylic acids is 1. The zero-order valence-electron chi connectivity index (χ0n) is 23.9. The monoisotopic (exact) mass is 612 g/mol. The highest BCUT2D eigenvalue weighted by molar-refractivity contribution is 6.30. The molecule has 0 aliphatic carbocycles. The first kappa shape index (κ1) is 31.6. The van der Waals surface area contributed by atoms with Gasteiger partial charge < -0.3 is 25.6 Å². The van der Waals surface area contributed by atoms with Crippen LogP contribution < -0.4 is 20.7 Å². The number of carbonyl (C=O) groups is 1. The lowest BCUT2D eigenvalue weighted by Gasteiger charge is -2.16. The Morgan fingerprint density at radius 3 is 2.44 bits per heavy atom. The van der Waals surface area contributed by atoms with Crippen LogP contribution in [0.1, 0.15) is 24.0 Å². The summed E-state index contributed by atoms with van der Waals surface area (Å²) in [5.74, 6) is 1.31. The first-order valence-corrected chi connectivity index (χ1v) is 13.9. The fourth-order valence-corrected chi connectivity index (χ4v) is 4.35. The van der Waals surface area contributed by atoms with Gasteiger partial charge in [-0.1, -0.05) is 29.8 Å². The number of benzene rings is 3. The Hall–Kier alpha value is -4.35. The summed E-state index contributed by atoms with van der Waals surface area (Å²) in [6, 6.07) is 15.7. The Bertz CT molecular complexity index is 1550. The van der Waals surface area contributed by atoms with Crippen LogP contribution in [0, 0.1) is 6.92 Å². The third-order valence-corrected chi connectivity index (χ3v) is 6.60. The summed E-state index contributed by atoms with van der Waals surface area (Å²) in [4.78, 5) is 23.4. The molecule has 0 bridgehead atoms. The van der Waals surface area contributed by atoms with Crippen molar-refractivity contribution in [1.82, 2.24) is 14.9 Å². The summed E-state index contributed by atoms with van der Waals surface area (Å²) in [6.07, 6.45) is -1.00. The van der Waals surface area contributed by atoms with E-state index >= 15 is 0 Å². The lowest BCUT2D eigenvalue weighted by atomic mass is 9.98. The average molecular weight is 613 g/mol. The normalized spacial score (nSPS) is 11.3. The van der Waals surface area contributed by atoms with E-state index in [-0.39, 0.29) is 11.3 Å². The number of unbranched alkanes of at least 4 members (excludes halogenated alkanes) is 1. The summed E-state index contributed by atoms with van der Waals surface area (Å²) in [7, 11) is 4.08. The van der Waals surface area contributed by atoms with Gasteiger partial charge in [-0.05, 0) is 99.6 Å². The standard InChI is InChI=1S/C31H32ClF3N6O2/c1-20-18-24(43-28-14-16-37-29(40-28)36-15-4-5-17-41(2)3)11-13-27(20)39-30(42)38-23-10-12-25(26(19-23)31(33,34)35)21-6-8-22(32)9-7-21/h6-14,16,18-19H,4-5,15,17H2,1-3H3,(H,36,37,40)(H2,38,39,42). The molecule has 3 aromatic carbocycles. The minimum Gasteiger partial charge on any atom is -0.439 e. The SMILES string of the molecule is Cc1cc(Oc2ccnc(NCCCCN(C)C)n2)ccc1NC(=O)Nc1ccc(-c2ccc(Cl)cc2)c(C(F)(F)F)c1. The number of alkyl halides is 3. The first-order valence-electron chi connectivity index (χ1n) is 13.5. The van der Waals surface area contributed by atoms with Crippen LogP contribution in [0.5, 0.6) is 11.6 Å². The van der Waals surface area contributed by atoms with E-state index in [2.05, 4.69) is 30.8 Å². The van der Waals surface area contributed by atoms with E-state index in [1.165, 1.54) is 36.4 Å². The number of nitrogens with zero attached hydrogens (tertiary/aromatic N) is 3. The molecule has 0 unspecified atom stereocenters. The van der Waals surface area contributed by atoms with Crippen LogP contribution in [0.2, 0.25) is 5.02 Å². The molecule has 3 N–H and O–H groups in total. The third kappa shape index (κ3) is 9.32. The van der Waals surface area contributed by atoms with E-state index in [0.717, 1.165) is 32.0 Å². The van der Waals surface area contributed by atoms with Gasteiger partial charge in [-0.15, -0.1) is 0 Å². The lowest BCUT2D eigenvalue weighted by Crippen LogP contribution is -2.20. The molecule has 226 valence electrons. The molecule has 4 rings (SSSR count). The van der Waals surface area contributed by atoms with Crippen molar-refractivity contribution in [3.8, 4) is 22.8 Å². The van der Waals surface area contributed by atoms with E-state index in [0.29, 0.717) is 39.4 Å². The largest absolute Gasteiger partial charge is 0.439 e. The van der Waals surface area contributed by atoms with Gasteiger partial charge in [-0.25, -0.2) is 9.78 Å². The van der Waals surface area contributed by atoms with Crippen LogP contribution in [-0.4, -0.2) is 48.1 Å². The van der Waals surface area contributed by atoms with Crippen molar-refractivity contribution in [2.45, 2.75) is 25.9 Å². The average Bonchev–Trinajstić information content (AvgIpc) is 2.94. The Morgan fingerprint density at radius 2 is 1.74 bits per heavy atom. The molecular formula is C31H32ClF3N6O2. The second-order valence-corrected chi connectivity index (χ2v) is 10.5. The Labute approximate surface area is 253 Å². The smallest absolute Gasteiger partial charge is 0.417 e. The van der Waals surface area contributed by atoms with Crippen LogP contribution in [0.25, 0.3) is 11.1 Å². The van der Waals surface area contributed by atoms with Crippen LogP contribution in [-0.2, 0) is 6.18 Å². The van der Waals surface area contributed by atoms with Crippen molar-refractivity contribution < 1.29 is 22.7 Å². The molecule has 0 spiro atoms. The van der Waals surface area contributed by atoms with Crippen molar-refractivity contribution in [2.75, 3.05) is 43.1 Å². The molecule has 0 atom stereocenters. The van der Waals surface area contributed by atoms with Crippen molar-refractivity contribution in [2.24, 2.45) is 0 Å². The van der Waals surface area contributed by atoms with Crippen LogP contribution >= 0.6 is 11.6 Å². The maximum absolute atomic E-state index is 13.9. The van der Waals surface area contributed by atoms with Gasteiger partial charge in [0.15, 0.2) is 0 Å². The van der Waals surface area contributed by atoms with Gasteiger partial charge in [0.25, 0.3) is 0 Å². The van der Waals surface area contributed by atoms with Crippen LogP contribution in [0.4, 0.5) is 35.3 Å². The second-order valence-electron chi connectivity index (χ2n) is 10.1. The van der Waals surface area contributed by atoms with E-state index in [1.807, 2.05) is 14.1 Å². The number of aromatic nitrogens is 2. The highest BCUT2D eigenvalue weighted by atomic mass is 35.5. The Morgan fingerprint density at radius 1 is 0.977 bits per heavy atom. The molecule has 0 radical (unpaired) electrons. The predicted octanol–water partition coefficient (Wildman–Crippen LogP) is 8.31. The summed E-state index contributed by atoms with van der Waals surface area (Å²) < 4.78 is 47.5. The van der Waals surface area contributed by atoms with E-state index in [1.54, 1.807) is 37.4 Å². The molecule has 0 saturated heterocycles. The molecule has 2 amide bonds. The third-order valence-electron chi connectivity index (χ3n) is 6.35. The van der Waals surface area contributed by atoms with E-state index < -0.39 is 17.8 Å². The maximum atomic E-state index is 13.9. The second kappa shape index (κ2) is 14.2. The number of anilines is 3. The molecule has 0 saturated carbocycles. The molecule has 0 aliphatic heterocycles. The quantitative estimate of drug-likeness (QED) is 0.148. The van der Waals surface area contributed by atoms with Gasteiger partial charge in [-0.2, -0.15) is 18.2 Å².